The molecule has 0 aliphatic rings. The zero-order chi connectivity index (χ0) is 12.1. The van der Waals surface area contributed by atoms with Crippen molar-refractivity contribution in [2.75, 3.05) is 0 Å². The van der Waals surface area contributed by atoms with E-state index in [-0.39, 0.29) is 5.91 Å². The third-order valence-corrected chi connectivity index (χ3v) is 2.65. The molecule has 4 heteroatoms. The Morgan fingerprint density at radius 1 is 1.00 bits per heavy atom. The number of rotatable bonds is 10. The number of unbranched alkanes of at least 4 members (excludes halogenated alkanes) is 8. The first-order chi connectivity index (χ1) is 7.81. The summed E-state index contributed by atoms with van der Waals surface area (Å²) in [7, 11) is 0. The molecule has 0 fully saturated rings. The maximum absolute atomic E-state index is 10.8. The lowest BCUT2D eigenvalue weighted by Crippen LogP contribution is -1.90. The summed E-state index contributed by atoms with van der Waals surface area (Å²) in [4.78, 5) is 13.3. The lowest BCUT2D eigenvalue weighted by atomic mass is 10.1. The van der Waals surface area contributed by atoms with Gasteiger partial charge in [-0.05, 0) is 17.1 Å². The van der Waals surface area contributed by atoms with Crippen molar-refractivity contribution in [3.8, 4) is 0 Å². The third-order valence-electron chi connectivity index (χ3n) is 2.65. The van der Waals surface area contributed by atoms with Crippen molar-refractivity contribution in [3.63, 3.8) is 0 Å². The predicted octanol–water partition coefficient (Wildman–Crippen LogP) is 4.74. The summed E-state index contributed by atoms with van der Waals surface area (Å²) < 4.78 is 0. The van der Waals surface area contributed by atoms with Crippen LogP contribution in [0.2, 0.25) is 0 Å². The maximum Gasteiger partial charge on any atom is 0.218 e. The fourth-order valence-electron chi connectivity index (χ4n) is 1.69. The molecule has 0 N–H and O–H groups in total. The van der Waals surface area contributed by atoms with Crippen LogP contribution in [-0.4, -0.2) is 5.91 Å². The number of azide groups is 1. The van der Waals surface area contributed by atoms with Gasteiger partial charge in [0.1, 0.15) is 0 Å². The number of hydrogen-bond acceptors (Lipinski definition) is 1. The van der Waals surface area contributed by atoms with Crippen molar-refractivity contribution in [2.24, 2.45) is 5.11 Å². The Morgan fingerprint density at radius 2 is 1.50 bits per heavy atom. The van der Waals surface area contributed by atoms with E-state index in [0.717, 1.165) is 12.8 Å². The van der Waals surface area contributed by atoms with Gasteiger partial charge < -0.3 is 0 Å². The number of hydrogen-bond donors (Lipinski definition) is 0. The minimum atomic E-state index is -0.328. The number of carbonyl (C=O) groups is 1. The molecule has 92 valence electrons. The van der Waals surface area contributed by atoms with E-state index in [4.69, 9.17) is 5.53 Å². The van der Waals surface area contributed by atoms with Gasteiger partial charge in [-0.25, -0.2) is 0 Å². The fourth-order valence-corrected chi connectivity index (χ4v) is 1.69. The van der Waals surface area contributed by atoms with Gasteiger partial charge in [0.25, 0.3) is 0 Å². The third kappa shape index (κ3) is 11.1. The predicted molar refractivity (Wildman–Crippen MR) is 66.0 cm³/mol. The molecule has 0 heterocycles. The van der Waals surface area contributed by atoms with E-state index in [0.29, 0.717) is 6.42 Å². The molecule has 0 saturated carbocycles. The molecule has 0 aromatic rings. The van der Waals surface area contributed by atoms with Crippen LogP contribution in [0.4, 0.5) is 0 Å². The van der Waals surface area contributed by atoms with E-state index in [9.17, 15) is 4.79 Å². The quantitative estimate of drug-likeness (QED) is 0.229. The highest BCUT2D eigenvalue weighted by Gasteiger charge is 1.97. The summed E-state index contributed by atoms with van der Waals surface area (Å²) in [6.45, 7) is 2.22. The Kier molecular flexibility index (Phi) is 11.3. The first-order valence-electron chi connectivity index (χ1n) is 6.39. The topological polar surface area (TPSA) is 65.8 Å². The molecule has 0 radical (unpaired) electrons. The Bertz CT molecular complexity index is 222. The summed E-state index contributed by atoms with van der Waals surface area (Å²) in [5.41, 5.74) is 8.02. The average Bonchev–Trinajstić information content (AvgIpc) is 2.27. The largest absolute Gasteiger partial charge is 0.293 e. The van der Waals surface area contributed by atoms with Crippen molar-refractivity contribution >= 4 is 5.91 Å². The summed E-state index contributed by atoms with van der Waals surface area (Å²) >= 11 is 0. The lowest BCUT2D eigenvalue weighted by Gasteiger charge is -2.00. The first-order valence-corrected chi connectivity index (χ1v) is 6.39. The van der Waals surface area contributed by atoms with Gasteiger partial charge in [0.15, 0.2) is 0 Å². The average molecular weight is 225 g/mol. The van der Waals surface area contributed by atoms with Crippen LogP contribution in [0.3, 0.4) is 0 Å². The van der Waals surface area contributed by atoms with Gasteiger partial charge in [0, 0.05) is 11.3 Å². The zero-order valence-corrected chi connectivity index (χ0v) is 10.3. The molecule has 0 aromatic carbocycles. The Balaban J connectivity index is 3.09. The van der Waals surface area contributed by atoms with Crippen LogP contribution in [0, 0.1) is 0 Å². The van der Waals surface area contributed by atoms with Crippen LogP contribution in [0.15, 0.2) is 5.11 Å². The second-order valence-corrected chi connectivity index (χ2v) is 4.16. The highest BCUT2D eigenvalue weighted by atomic mass is 16.1. The molecule has 0 aromatic heterocycles. The van der Waals surface area contributed by atoms with Crippen molar-refractivity contribution < 1.29 is 4.79 Å². The van der Waals surface area contributed by atoms with Crippen molar-refractivity contribution in [1.82, 2.24) is 0 Å². The van der Waals surface area contributed by atoms with E-state index in [1.165, 1.54) is 44.9 Å². The zero-order valence-electron chi connectivity index (χ0n) is 10.3. The molecule has 0 aliphatic carbocycles. The summed E-state index contributed by atoms with van der Waals surface area (Å²) in [5.74, 6) is -0.328. The highest BCUT2D eigenvalue weighted by Crippen LogP contribution is 2.10. The molecule has 0 rings (SSSR count). The smallest absolute Gasteiger partial charge is 0.218 e. The van der Waals surface area contributed by atoms with E-state index in [2.05, 4.69) is 16.9 Å². The molecule has 0 unspecified atom stereocenters. The van der Waals surface area contributed by atoms with E-state index >= 15 is 0 Å². The molecular weight excluding hydrogens is 202 g/mol. The van der Waals surface area contributed by atoms with Gasteiger partial charge in [-0.3, -0.25) is 4.79 Å². The maximum atomic E-state index is 10.8. The second kappa shape index (κ2) is 12.1. The molecule has 0 saturated heterocycles. The monoisotopic (exact) mass is 225 g/mol. The molecule has 0 atom stereocenters. The van der Waals surface area contributed by atoms with Crippen molar-refractivity contribution in [2.45, 2.75) is 71.1 Å². The van der Waals surface area contributed by atoms with Crippen molar-refractivity contribution in [1.29, 1.82) is 0 Å². The summed E-state index contributed by atoms with van der Waals surface area (Å²) in [6.07, 6.45) is 11.4. The summed E-state index contributed by atoms with van der Waals surface area (Å²) in [6, 6.07) is 0. The van der Waals surface area contributed by atoms with Crippen LogP contribution in [0.25, 0.3) is 10.4 Å². The van der Waals surface area contributed by atoms with Crippen LogP contribution in [0.1, 0.15) is 71.1 Å². The Labute approximate surface area is 98.0 Å². The van der Waals surface area contributed by atoms with Gasteiger partial charge in [0.2, 0.25) is 5.91 Å². The van der Waals surface area contributed by atoms with Gasteiger partial charge >= 0.3 is 0 Å². The first kappa shape index (κ1) is 15.0. The Morgan fingerprint density at radius 3 is 2.00 bits per heavy atom. The van der Waals surface area contributed by atoms with Crippen molar-refractivity contribution in [3.05, 3.63) is 10.4 Å². The number of amides is 1. The molecule has 0 spiro atoms. The molecule has 0 aliphatic heterocycles. The van der Waals surface area contributed by atoms with Gasteiger partial charge in [-0.15, -0.1) is 0 Å². The normalized spacial score (nSPS) is 9.81. The van der Waals surface area contributed by atoms with E-state index < -0.39 is 0 Å². The minimum absolute atomic E-state index is 0.328. The standard InChI is InChI=1S/C12H23N3O/c1-2-3-4-5-6-7-8-9-10-11-12(16)14-15-13/h2-11H2,1H3. The van der Waals surface area contributed by atoms with Crippen LogP contribution in [0.5, 0.6) is 0 Å². The van der Waals surface area contributed by atoms with Gasteiger partial charge in [-0.1, -0.05) is 58.3 Å². The van der Waals surface area contributed by atoms with Crippen LogP contribution in [-0.2, 0) is 4.79 Å². The van der Waals surface area contributed by atoms with E-state index in [1.807, 2.05) is 0 Å². The molecule has 0 bridgehead atoms. The number of nitrogens with zero attached hydrogens (tertiary/aromatic N) is 3. The van der Waals surface area contributed by atoms with Gasteiger partial charge in [-0.2, -0.15) is 0 Å². The highest BCUT2D eigenvalue weighted by molar-refractivity contribution is 5.76. The fraction of sp³-hybridized carbons (Fsp3) is 0.917. The molecule has 16 heavy (non-hydrogen) atoms. The Hall–Kier alpha value is -1.02. The SMILES string of the molecule is CCCCCCCCCCCC(=O)N=[N+]=[N-]. The molecule has 1 amide bonds. The second-order valence-electron chi connectivity index (χ2n) is 4.16. The van der Waals surface area contributed by atoms with Crippen LogP contribution < -0.4 is 0 Å². The van der Waals surface area contributed by atoms with E-state index in [1.54, 1.807) is 0 Å². The minimum Gasteiger partial charge on any atom is -0.293 e. The molecule has 4 nitrogen and oxygen atoms in total. The van der Waals surface area contributed by atoms with Gasteiger partial charge in [0.05, 0.1) is 0 Å². The number of carbonyl (C=O) groups excluding carboxylic acids is 1. The lowest BCUT2D eigenvalue weighted by molar-refractivity contribution is -0.118. The summed E-state index contributed by atoms with van der Waals surface area (Å²) in [5, 5.41) is 3.03. The van der Waals surface area contributed by atoms with Crippen LogP contribution >= 0.6 is 0 Å². The molecular formula is C12H23N3O.